The number of anilines is 2. The number of carbonyl (C=O) groups is 1. The van der Waals surface area contributed by atoms with Crippen molar-refractivity contribution >= 4 is 33.2 Å². The van der Waals surface area contributed by atoms with Crippen molar-refractivity contribution in [3.8, 4) is 0 Å². The summed E-state index contributed by atoms with van der Waals surface area (Å²) in [5.74, 6) is -0.698. The number of hydrogen-bond acceptors (Lipinski definition) is 2. The molecule has 0 radical (unpaired) electrons. The number of para-hydroxylation sites is 1. The van der Waals surface area contributed by atoms with E-state index in [-0.39, 0.29) is 16.9 Å². The first-order valence-electron chi connectivity index (χ1n) is 5.81. The lowest BCUT2D eigenvalue weighted by Gasteiger charge is -2.14. The number of amides is 1. The van der Waals surface area contributed by atoms with Gasteiger partial charge in [0.1, 0.15) is 0 Å². The normalized spacial score (nSPS) is 11.2. The molecule has 110 valence electrons. The number of rotatable bonds is 2. The van der Waals surface area contributed by atoms with E-state index in [1.54, 1.807) is 6.07 Å². The molecule has 7 heteroatoms. The number of hydrogen-bond donors (Lipinski definition) is 2. The van der Waals surface area contributed by atoms with Crippen molar-refractivity contribution in [1.82, 2.24) is 0 Å². The smallest absolute Gasteiger partial charge is 0.398 e. The summed E-state index contributed by atoms with van der Waals surface area (Å²) in [5.41, 5.74) is 4.75. The fourth-order valence-electron chi connectivity index (χ4n) is 1.77. The molecule has 0 saturated heterocycles. The summed E-state index contributed by atoms with van der Waals surface area (Å²) in [4.78, 5) is 12.1. The van der Waals surface area contributed by atoms with Crippen LogP contribution in [0.2, 0.25) is 0 Å². The van der Waals surface area contributed by atoms with Gasteiger partial charge in [-0.3, -0.25) is 4.79 Å². The summed E-state index contributed by atoms with van der Waals surface area (Å²) in [6.45, 7) is 0. The van der Waals surface area contributed by atoms with E-state index in [0.717, 1.165) is 6.07 Å². The average Bonchev–Trinajstić information content (AvgIpc) is 2.37. The summed E-state index contributed by atoms with van der Waals surface area (Å²) in [5, 5.41) is 2.24. The van der Waals surface area contributed by atoms with Crippen molar-refractivity contribution < 1.29 is 18.0 Å². The highest BCUT2D eigenvalue weighted by Gasteiger charge is 2.33. The lowest BCUT2D eigenvalue weighted by molar-refractivity contribution is -0.136. The third-order valence-electron chi connectivity index (χ3n) is 2.74. The summed E-state index contributed by atoms with van der Waals surface area (Å²) < 4.78 is 39.2. The second-order valence-corrected chi connectivity index (χ2v) is 5.14. The molecule has 2 aromatic rings. The molecule has 2 rings (SSSR count). The molecule has 0 heterocycles. The zero-order chi connectivity index (χ0) is 15.6. The van der Waals surface area contributed by atoms with E-state index < -0.39 is 17.6 Å². The summed E-state index contributed by atoms with van der Waals surface area (Å²) in [6.07, 6.45) is -4.55. The highest BCUT2D eigenvalue weighted by molar-refractivity contribution is 9.10. The summed E-state index contributed by atoms with van der Waals surface area (Å²) >= 11 is 3.19. The van der Waals surface area contributed by atoms with Crippen LogP contribution in [0, 0.1) is 0 Å². The van der Waals surface area contributed by atoms with E-state index in [4.69, 9.17) is 5.73 Å². The zero-order valence-corrected chi connectivity index (χ0v) is 12.1. The Morgan fingerprint density at radius 1 is 1.14 bits per heavy atom. The highest BCUT2D eigenvalue weighted by atomic mass is 79.9. The molecule has 0 aromatic heterocycles. The van der Waals surface area contributed by atoms with E-state index in [0.29, 0.717) is 4.47 Å². The number of halogens is 4. The van der Waals surface area contributed by atoms with Crippen molar-refractivity contribution in [2.45, 2.75) is 6.18 Å². The molecule has 0 aliphatic rings. The van der Waals surface area contributed by atoms with Crippen molar-refractivity contribution in [2.24, 2.45) is 0 Å². The van der Waals surface area contributed by atoms with Crippen molar-refractivity contribution in [1.29, 1.82) is 0 Å². The van der Waals surface area contributed by atoms with Gasteiger partial charge in [-0.2, -0.15) is 13.2 Å². The molecule has 1 amide bonds. The van der Waals surface area contributed by atoms with Gasteiger partial charge >= 0.3 is 6.18 Å². The van der Waals surface area contributed by atoms with Gasteiger partial charge in [-0.15, -0.1) is 0 Å². The van der Waals surface area contributed by atoms with Crippen molar-refractivity contribution in [2.75, 3.05) is 11.1 Å². The SMILES string of the molecule is Nc1cc(Br)ccc1C(=O)Nc1ccccc1C(F)(F)F. The third kappa shape index (κ3) is 3.55. The maximum absolute atomic E-state index is 12.9. The minimum Gasteiger partial charge on any atom is -0.398 e. The Balaban J connectivity index is 2.32. The van der Waals surface area contributed by atoms with Gasteiger partial charge in [0.05, 0.1) is 16.8 Å². The molecular formula is C14H10BrF3N2O. The molecule has 0 fully saturated rings. The lowest BCUT2D eigenvalue weighted by atomic mass is 10.1. The van der Waals surface area contributed by atoms with Gasteiger partial charge in [-0.05, 0) is 30.3 Å². The van der Waals surface area contributed by atoms with Gasteiger partial charge < -0.3 is 11.1 Å². The van der Waals surface area contributed by atoms with E-state index in [1.165, 1.54) is 30.3 Å². The fraction of sp³-hybridized carbons (Fsp3) is 0.0714. The largest absolute Gasteiger partial charge is 0.418 e. The Bertz CT molecular complexity index is 686. The second-order valence-electron chi connectivity index (χ2n) is 4.23. The van der Waals surface area contributed by atoms with Crippen LogP contribution in [-0.4, -0.2) is 5.91 Å². The first-order chi connectivity index (χ1) is 9.79. The van der Waals surface area contributed by atoms with Crippen LogP contribution < -0.4 is 11.1 Å². The Labute approximate surface area is 127 Å². The Kier molecular flexibility index (Phi) is 4.22. The van der Waals surface area contributed by atoms with Crippen LogP contribution in [0.25, 0.3) is 0 Å². The maximum atomic E-state index is 12.9. The van der Waals surface area contributed by atoms with Crippen LogP contribution in [0.15, 0.2) is 46.9 Å². The third-order valence-corrected chi connectivity index (χ3v) is 3.23. The molecule has 0 unspecified atom stereocenters. The average molecular weight is 359 g/mol. The van der Waals surface area contributed by atoms with Gasteiger partial charge in [-0.25, -0.2) is 0 Å². The van der Waals surface area contributed by atoms with Crippen LogP contribution in [0.3, 0.4) is 0 Å². The Hall–Kier alpha value is -2.02. The molecule has 21 heavy (non-hydrogen) atoms. The van der Waals surface area contributed by atoms with E-state index >= 15 is 0 Å². The van der Waals surface area contributed by atoms with Gasteiger partial charge in [0, 0.05) is 10.2 Å². The van der Waals surface area contributed by atoms with E-state index in [2.05, 4.69) is 21.2 Å². The minimum atomic E-state index is -4.55. The second kappa shape index (κ2) is 5.77. The topological polar surface area (TPSA) is 55.1 Å². The van der Waals surface area contributed by atoms with Gasteiger partial charge in [-0.1, -0.05) is 28.1 Å². The van der Waals surface area contributed by atoms with Crippen LogP contribution in [-0.2, 0) is 6.18 Å². The summed E-state index contributed by atoms with van der Waals surface area (Å²) in [6, 6.07) is 9.29. The maximum Gasteiger partial charge on any atom is 0.418 e. The minimum absolute atomic E-state index is 0.107. The predicted molar refractivity (Wildman–Crippen MR) is 78.0 cm³/mol. The number of nitrogen functional groups attached to an aromatic ring is 1. The van der Waals surface area contributed by atoms with E-state index in [1.807, 2.05) is 0 Å². The Morgan fingerprint density at radius 3 is 2.43 bits per heavy atom. The molecule has 0 atom stereocenters. The van der Waals surface area contributed by atoms with Gasteiger partial charge in [0.25, 0.3) is 5.91 Å². The summed E-state index contributed by atoms with van der Waals surface area (Å²) in [7, 11) is 0. The van der Waals surface area contributed by atoms with Gasteiger partial charge in [0.15, 0.2) is 0 Å². The monoisotopic (exact) mass is 358 g/mol. The van der Waals surface area contributed by atoms with Crippen LogP contribution in [0.4, 0.5) is 24.5 Å². The fourth-order valence-corrected chi connectivity index (χ4v) is 2.15. The molecular weight excluding hydrogens is 349 g/mol. The van der Waals surface area contributed by atoms with Crippen molar-refractivity contribution in [3.05, 3.63) is 58.1 Å². The molecule has 0 aliphatic carbocycles. The number of nitrogens with one attached hydrogen (secondary N) is 1. The Morgan fingerprint density at radius 2 is 1.81 bits per heavy atom. The molecule has 3 nitrogen and oxygen atoms in total. The molecule has 0 aliphatic heterocycles. The first kappa shape index (κ1) is 15.4. The van der Waals surface area contributed by atoms with Gasteiger partial charge in [0.2, 0.25) is 0 Å². The van der Waals surface area contributed by atoms with Crippen LogP contribution in [0.5, 0.6) is 0 Å². The number of benzene rings is 2. The van der Waals surface area contributed by atoms with Crippen LogP contribution in [0.1, 0.15) is 15.9 Å². The highest BCUT2D eigenvalue weighted by Crippen LogP contribution is 2.34. The molecule has 0 spiro atoms. The van der Waals surface area contributed by atoms with E-state index in [9.17, 15) is 18.0 Å². The number of alkyl halides is 3. The molecule has 3 N–H and O–H groups in total. The predicted octanol–water partition coefficient (Wildman–Crippen LogP) is 4.30. The molecule has 0 saturated carbocycles. The number of nitrogens with two attached hydrogens (primary N) is 1. The molecule has 2 aromatic carbocycles. The number of carbonyl (C=O) groups excluding carboxylic acids is 1. The van der Waals surface area contributed by atoms with Crippen LogP contribution >= 0.6 is 15.9 Å². The van der Waals surface area contributed by atoms with Crippen molar-refractivity contribution in [3.63, 3.8) is 0 Å². The zero-order valence-electron chi connectivity index (χ0n) is 10.5. The first-order valence-corrected chi connectivity index (χ1v) is 6.61. The molecule has 0 bridgehead atoms. The quantitative estimate of drug-likeness (QED) is 0.786. The standard InChI is InChI=1S/C14H10BrF3N2O/c15-8-5-6-9(11(19)7-8)13(21)20-12-4-2-1-3-10(12)14(16,17)18/h1-7H,19H2,(H,20,21). The lowest BCUT2D eigenvalue weighted by Crippen LogP contribution is -2.17.